The third-order valence-corrected chi connectivity index (χ3v) is 5.59. The van der Waals surface area contributed by atoms with Crippen LogP contribution in [-0.4, -0.2) is 24.6 Å². The highest BCUT2D eigenvalue weighted by Gasteiger charge is 2.11. The number of anilines is 1. The highest BCUT2D eigenvalue weighted by atomic mass is 35.5. The molecule has 0 bridgehead atoms. The molecule has 0 fully saturated rings. The number of thiazole rings is 1. The van der Waals surface area contributed by atoms with Crippen molar-refractivity contribution in [3.8, 4) is 22.1 Å². The van der Waals surface area contributed by atoms with Crippen molar-refractivity contribution in [2.75, 3.05) is 19.0 Å². The number of benzene rings is 3. The van der Waals surface area contributed by atoms with E-state index in [-0.39, 0.29) is 12.5 Å². The minimum atomic E-state index is -0.273. The average molecular weight is 425 g/mol. The average Bonchev–Trinajstić information content (AvgIpc) is 3.16. The van der Waals surface area contributed by atoms with Crippen molar-refractivity contribution in [1.82, 2.24) is 4.98 Å². The van der Waals surface area contributed by atoms with Crippen LogP contribution in [0.4, 0.5) is 5.69 Å². The number of ether oxygens (including phenoxy) is 2. The zero-order valence-corrected chi connectivity index (χ0v) is 17.1. The molecular weight excluding hydrogens is 408 g/mol. The lowest BCUT2D eigenvalue weighted by Gasteiger charge is -2.09. The van der Waals surface area contributed by atoms with Gasteiger partial charge in [-0.25, -0.2) is 4.98 Å². The predicted molar refractivity (Wildman–Crippen MR) is 117 cm³/mol. The molecule has 0 saturated heterocycles. The van der Waals surface area contributed by atoms with Gasteiger partial charge in [0.15, 0.2) is 6.61 Å². The largest absolute Gasteiger partial charge is 0.497 e. The van der Waals surface area contributed by atoms with Crippen LogP contribution in [0, 0.1) is 0 Å². The number of para-hydroxylation sites is 1. The number of halogens is 1. The van der Waals surface area contributed by atoms with Gasteiger partial charge in [-0.3, -0.25) is 4.79 Å². The Hall–Kier alpha value is -3.09. The van der Waals surface area contributed by atoms with E-state index in [1.54, 1.807) is 54.8 Å². The Labute approximate surface area is 176 Å². The number of carbonyl (C=O) groups is 1. The van der Waals surface area contributed by atoms with E-state index in [0.717, 1.165) is 26.5 Å². The molecule has 0 unspecified atom stereocenters. The van der Waals surface area contributed by atoms with E-state index in [2.05, 4.69) is 10.3 Å². The first-order valence-corrected chi connectivity index (χ1v) is 10.0. The van der Waals surface area contributed by atoms with Gasteiger partial charge in [-0.15, -0.1) is 11.3 Å². The molecule has 146 valence electrons. The quantitative estimate of drug-likeness (QED) is 0.435. The summed E-state index contributed by atoms with van der Waals surface area (Å²) in [7, 11) is 1.59. The highest BCUT2D eigenvalue weighted by Crippen LogP contribution is 2.35. The van der Waals surface area contributed by atoms with Crippen LogP contribution in [0.25, 0.3) is 20.8 Å². The summed E-state index contributed by atoms with van der Waals surface area (Å²) in [5.41, 5.74) is 2.38. The van der Waals surface area contributed by atoms with Crippen LogP contribution in [0.3, 0.4) is 0 Å². The van der Waals surface area contributed by atoms with E-state index in [4.69, 9.17) is 21.1 Å². The number of nitrogens with one attached hydrogen (secondary N) is 1. The number of fused-ring (bicyclic) bond motifs is 1. The summed E-state index contributed by atoms with van der Waals surface area (Å²) in [5, 5.41) is 4.16. The van der Waals surface area contributed by atoms with E-state index in [9.17, 15) is 4.79 Å². The van der Waals surface area contributed by atoms with Crippen LogP contribution in [0.2, 0.25) is 5.02 Å². The zero-order chi connectivity index (χ0) is 20.2. The molecule has 0 aliphatic heterocycles. The summed E-state index contributed by atoms with van der Waals surface area (Å²) >= 11 is 8.03. The first-order valence-electron chi connectivity index (χ1n) is 8.84. The Morgan fingerprint density at radius 1 is 1.07 bits per heavy atom. The normalized spacial score (nSPS) is 10.7. The van der Waals surface area contributed by atoms with Crippen molar-refractivity contribution in [2.24, 2.45) is 0 Å². The molecule has 0 radical (unpaired) electrons. The molecule has 0 atom stereocenters. The molecule has 5 nitrogen and oxygen atoms in total. The number of aromatic nitrogens is 1. The van der Waals surface area contributed by atoms with Crippen molar-refractivity contribution < 1.29 is 14.3 Å². The fourth-order valence-corrected chi connectivity index (χ4v) is 4.10. The molecule has 1 N–H and O–H groups in total. The molecule has 1 amide bonds. The van der Waals surface area contributed by atoms with Crippen LogP contribution in [0.5, 0.6) is 11.5 Å². The van der Waals surface area contributed by atoms with Crippen molar-refractivity contribution in [3.63, 3.8) is 0 Å². The minimum Gasteiger partial charge on any atom is -0.497 e. The van der Waals surface area contributed by atoms with Crippen LogP contribution >= 0.6 is 22.9 Å². The first-order chi connectivity index (χ1) is 14.1. The second-order valence-corrected chi connectivity index (χ2v) is 7.63. The lowest BCUT2D eigenvalue weighted by molar-refractivity contribution is -0.118. The second-order valence-electron chi connectivity index (χ2n) is 6.19. The van der Waals surface area contributed by atoms with Gasteiger partial charge < -0.3 is 14.8 Å². The van der Waals surface area contributed by atoms with Gasteiger partial charge in [0.1, 0.15) is 16.5 Å². The Morgan fingerprint density at radius 2 is 1.83 bits per heavy atom. The fourth-order valence-electron chi connectivity index (χ4n) is 2.77. The Bertz CT molecular complexity index is 1130. The monoisotopic (exact) mass is 424 g/mol. The second kappa shape index (κ2) is 8.51. The fraction of sp³-hybridized carbons (Fsp3) is 0.0909. The molecule has 0 spiro atoms. The number of amides is 1. The summed E-state index contributed by atoms with van der Waals surface area (Å²) in [6.45, 7) is -0.108. The summed E-state index contributed by atoms with van der Waals surface area (Å²) in [6.07, 6.45) is 0. The number of hydrogen-bond donors (Lipinski definition) is 1. The number of nitrogens with zero attached hydrogens (tertiary/aromatic N) is 1. The number of rotatable bonds is 6. The molecule has 0 saturated carbocycles. The third kappa shape index (κ3) is 4.50. The van der Waals surface area contributed by atoms with Gasteiger partial charge in [-0.2, -0.15) is 0 Å². The zero-order valence-electron chi connectivity index (χ0n) is 15.5. The SMILES string of the molecule is COc1ccc(OCC(=O)Nc2ccc(-c3nc4ccccc4s3)c(Cl)c2)cc1. The maximum atomic E-state index is 12.2. The topological polar surface area (TPSA) is 60.5 Å². The van der Waals surface area contributed by atoms with Crippen LogP contribution in [0.15, 0.2) is 66.7 Å². The van der Waals surface area contributed by atoms with E-state index in [1.807, 2.05) is 30.3 Å². The van der Waals surface area contributed by atoms with Crippen LogP contribution in [0.1, 0.15) is 0 Å². The molecule has 1 aromatic heterocycles. The Balaban J connectivity index is 1.41. The highest BCUT2D eigenvalue weighted by molar-refractivity contribution is 7.21. The molecule has 0 aliphatic rings. The number of methoxy groups -OCH3 is 1. The van der Waals surface area contributed by atoms with E-state index >= 15 is 0 Å². The van der Waals surface area contributed by atoms with Crippen molar-refractivity contribution >= 4 is 44.7 Å². The molecule has 4 rings (SSSR count). The maximum Gasteiger partial charge on any atom is 0.262 e. The number of hydrogen-bond acceptors (Lipinski definition) is 5. The minimum absolute atomic E-state index is 0.108. The lowest BCUT2D eigenvalue weighted by Crippen LogP contribution is -2.20. The van der Waals surface area contributed by atoms with Crippen molar-refractivity contribution in [2.45, 2.75) is 0 Å². The molecule has 0 aliphatic carbocycles. The summed E-state index contributed by atoms with van der Waals surface area (Å²) in [5.74, 6) is 1.04. The van der Waals surface area contributed by atoms with Gasteiger partial charge in [0.25, 0.3) is 5.91 Å². The predicted octanol–water partition coefficient (Wildman–Crippen LogP) is 5.64. The maximum absolute atomic E-state index is 12.2. The van der Waals surface area contributed by atoms with Crippen molar-refractivity contribution in [3.05, 3.63) is 71.8 Å². The molecule has 3 aromatic carbocycles. The third-order valence-electron chi connectivity index (χ3n) is 4.21. The van der Waals surface area contributed by atoms with Gasteiger partial charge in [0.2, 0.25) is 0 Å². The Kier molecular flexibility index (Phi) is 5.64. The van der Waals surface area contributed by atoms with Crippen molar-refractivity contribution in [1.29, 1.82) is 0 Å². The summed E-state index contributed by atoms with van der Waals surface area (Å²) in [4.78, 5) is 16.8. The van der Waals surface area contributed by atoms with Gasteiger partial charge in [-0.1, -0.05) is 23.7 Å². The van der Waals surface area contributed by atoms with E-state index in [0.29, 0.717) is 16.5 Å². The molecule has 7 heteroatoms. The van der Waals surface area contributed by atoms with Crippen LogP contribution in [-0.2, 0) is 4.79 Å². The molecule has 29 heavy (non-hydrogen) atoms. The lowest BCUT2D eigenvalue weighted by atomic mass is 10.2. The molecule has 4 aromatic rings. The first kappa shape index (κ1) is 19.2. The smallest absolute Gasteiger partial charge is 0.262 e. The standard InChI is InChI=1S/C22H17ClN2O3S/c1-27-15-7-9-16(10-8-15)28-13-21(26)24-14-6-11-17(18(23)12-14)22-25-19-4-2-3-5-20(19)29-22/h2-12H,13H2,1H3,(H,24,26). The Morgan fingerprint density at radius 3 is 2.55 bits per heavy atom. The molecule has 1 heterocycles. The van der Waals surface area contributed by atoms with Crippen LogP contribution < -0.4 is 14.8 Å². The van der Waals surface area contributed by atoms with Gasteiger partial charge in [0.05, 0.1) is 22.3 Å². The summed E-state index contributed by atoms with van der Waals surface area (Å²) in [6, 6.07) is 20.4. The number of carbonyl (C=O) groups excluding carboxylic acids is 1. The summed E-state index contributed by atoms with van der Waals surface area (Å²) < 4.78 is 11.7. The van der Waals surface area contributed by atoms with E-state index < -0.39 is 0 Å². The molecular formula is C22H17ClN2O3S. The van der Waals surface area contributed by atoms with Gasteiger partial charge >= 0.3 is 0 Å². The van der Waals surface area contributed by atoms with Gasteiger partial charge in [0, 0.05) is 11.3 Å². The van der Waals surface area contributed by atoms with Gasteiger partial charge in [-0.05, 0) is 54.6 Å². The van der Waals surface area contributed by atoms with E-state index in [1.165, 1.54) is 0 Å².